The average Bonchev–Trinajstić information content (AvgIpc) is 3.23. The van der Waals surface area contributed by atoms with Crippen molar-refractivity contribution in [2.45, 2.75) is 6.18 Å². The molecule has 0 saturated heterocycles. The van der Waals surface area contributed by atoms with Crippen LogP contribution in [0.4, 0.5) is 18.9 Å². The number of carbonyl (C=O) groups excluding carboxylic acids is 1. The lowest BCUT2D eigenvalue weighted by Crippen LogP contribution is -2.11. The second-order valence-electron chi connectivity index (χ2n) is 6.11. The van der Waals surface area contributed by atoms with Gasteiger partial charge in [0.15, 0.2) is 17.3 Å². The fraction of sp³-hybridized carbons (Fsp3) is 0.190. The summed E-state index contributed by atoms with van der Waals surface area (Å²) < 4.78 is 59.9. The summed E-state index contributed by atoms with van der Waals surface area (Å²) in [6.45, 7) is 0. The van der Waals surface area contributed by atoms with Crippen molar-refractivity contribution in [1.82, 2.24) is 0 Å². The largest absolute Gasteiger partial charge is 0.493 e. The zero-order chi connectivity index (χ0) is 21.9. The molecule has 0 spiro atoms. The highest BCUT2D eigenvalue weighted by Gasteiger charge is 2.30. The molecular formula is C21H18F3NO5. The topological polar surface area (TPSA) is 69.9 Å². The van der Waals surface area contributed by atoms with Gasteiger partial charge in [-0.25, -0.2) is 0 Å². The molecule has 3 rings (SSSR count). The first-order chi connectivity index (χ1) is 14.3. The lowest BCUT2D eigenvalue weighted by atomic mass is 10.1. The molecule has 0 aliphatic heterocycles. The van der Waals surface area contributed by atoms with Crippen LogP contribution in [0.5, 0.6) is 17.2 Å². The molecular weight excluding hydrogens is 403 g/mol. The fourth-order valence-electron chi connectivity index (χ4n) is 2.81. The molecule has 6 nitrogen and oxygen atoms in total. The molecule has 158 valence electrons. The van der Waals surface area contributed by atoms with Gasteiger partial charge in [-0.3, -0.25) is 4.79 Å². The van der Waals surface area contributed by atoms with Gasteiger partial charge in [-0.1, -0.05) is 12.1 Å². The highest BCUT2D eigenvalue weighted by atomic mass is 19.4. The summed E-state index contributed by atoms with van der Waals surface area (Å²) in [6, 6.07) is 10.5. The minimum absolute atomic E-state index is 0.0730. The van der Waals surface area contributed by atoms with Crippen LogP contribution in [0.15, 0.2) is 52.9 Å². The van der Waals surface area contributed by atoms with E-state index in [9.17, 15) is 18.0 Å². The number of carbonyl (C=O) groups is 1. The van der Waals surface area contributed by atoms with Gasteiger partial charge in [0.05, 0.1) is 26.9 Å². The fourth-order valence-corrected chi connectivity index (χ4v) is 2.81. The Hall–Kier alpha value is -3.62. The Morgan fingerprint density at radius 3 is 2.17 bits per heavy atom. The number of furan rings is 1. The van der Waals surface area contributed by atoms with Crippen molar-refractivity contribution in [2.75, 3.05) is 26.6 Å². The van der Waals surface area contributed by atoms with Gasteiger partial charge in [0, 0.05) is 23.4 Å². The van der Waals surface area contributed by atoms with Crippen molar-refractivity contribution in [2.24, 2.45) is 0 Å². The maximum Gasteiger partial charge on any atom is 0.416 e. The van der Waals surface area contributed by atoms with Crippen LogP contribution in [0.3, 0.4) is 0 Å². The number of hydrogen-bond donors (Lipinski definition) is 1. The van der Waals surface area contributed by atoms with Crippen LogP contribution in [-0.4, -0.2) is 27.2 Å². The number of nitrogens with one attached hydrogen (secondary N) is 1. The third-order valence-electron chi connectivity index (χ3n) is 4.23. The Morgan fingerprint density at radius 2 is 1.60 bits per heavy atom. The van der Waals surface area contributed by atoms with Gasteiger partial charge in [-0.2, -0.15) is 13.2 Å². The first-order valence-corrected chi connectivity index (χ1v) is 8.65. The summed E-state index contributed by atoms with van der Waals surface area (Å²) in [5.74, 6) is 0.519. The van der Waals surface area contributed by atoms with Gasteiger partial charge in [0.1, 0.15) is 5.76 Å². The van der Waals surface area contributed by atoms with Crippen molar-refractivity contribution < 1.29 is 36.6 Å². The van der Waals surface area contributed by atoms with Gasteiger partial charge >= 0.3 is 6.18 Å². The second-order valence-corrected chi connectivity index (χ2v) is 6.11. The smallest absolute Gasteiger partial charge is 0.416 e. The van der Waals surface area contributed by atoms with Gasteiger partial charge in [-0.05, 0) is 24.3 Å². The molecule has 0 unspecified atom stereocenters. The molecule has 9 heteroatoms. The van der Waals surface area contributed by atoms with E-state index in [2.05, 4.69) is 5.32 Å². The van der Waals surface area contributed by atoms with Crippen LogP contribution in [-0.2, 0) is 6.18 Å². The molecule has 1 heterocycles. The standard InChI is InChI=1S/C21H18F3NO5/c1-27-17-10-14(11-18(28-2)19(17)29-3)25-20(26)16-8-7-15(30-16)12-5-4-6-13(9-12)21(22,23)24/h4-11H,1-3H3,(H,25,26). The van der Waals surface area contributed by atoms with Crippen molar-refractivity contribution >= 4 is 11.6 Å². The minimum atomic E-state index is -4.48. The number of alkyl halides is 3. The van der Waals surface area contributed by atoms with Crippen LogP contribution < -0.4 is 19.5 Å². The Morgan fingerprint density at radius 1 is 0.933 bits per heavy atom. The van der Waals surface area contributed by atoms with Crippen molar-refractivity contribution in [3.8, 4) is 28.6 Å². The van der Waals surface area contributed by atoms with Crippen molar-refractivity contribution in [1.29, 1.82) is 0 Å². The van der Waals surface area contributed by atoms with E-state index in [4.69, 9.17) is 18.6 Å². The molecule has 1 aromatic heterocycles. The highest BCUT2D eigenvalue weighted by molar-refractivity contribution is 6.03. The molecule has 0 aliphatic rings. The lowest BCUT2D eigenvalue weighted by Gasteiger charge is -2.14. The van der Waals surface area contributed by atoms with E-state index in [1.54, 1.807) is 0 Å². The first kappa shape index (κ1) is 21.1. The molecule has 30 heavy (non-hydrogen) atoms. The van der Waals surface area contributed by atoms with E-state index in [1.165, 1.54) is 57.7 Å². The predicted octanol–water partition coefficient (Wildman–Crippen LogP) is 5.24. The van der Waals surface area contributed by atoms with Crippen LogP contribution >= 0.6 is 0 Å². The third kappa shape index (κ3) is 4.35. The third-order valence-corrected chi connectivity index (χ3v) is 4.23. The number of benzene rings is 2. The maximum atomic E-state index is 12.9. The van der Waals surface area contributed by atoms with Gasteiger partial charge < -0.3 is 23.9 Å². The summed E-state index contributed by atoms with van der Waals surface area (Å²) in [5.41, 5.74) is -0.247. The maximum absolute atomic E-state index is 12.9. The summed E-state index contributed by atoms with van der Waals surface area (Å²) in [6.07, 6.45) is -4.48. The molecule has 1 N–H and O–H groups in total. The van der Waals surface area contributed by atoms with E-state index < -0.39 is 17.6 Å². The van der Waals surface area contributed by atoms with Gasteiger partial charge in [0.25, 0.3) is 5.91 Å². The quantitative estimate of drug-likeness (QED) is 0.589. The van der Waals surface area contributed by atoms with Crippen LogP contribution in [0.2, 0.25) is 0 Å². The second kappa shape index (κ2) is 8.40. The zero-order valence-electron chi connectivity index (χ0n) is 16.3. The molecule has 0 fully saturated rings. The number of rotatable bonds is 6. The summed E-state index contributed by atoms with van der Waals surface area (Å²) >= 11 is 0. The normalized spacial score (nSPS) is 11.1. The molecule has 0 atom stereocenters. The first-order valence-electron chi connectivity index (χ1n) is 8.65. The number of methoxy groups -OCH3 is 3. The summed E-state index contributed by atoms with van der Waals surface area (Å²) in [7, 11) is 4.34. The van der Waals surface area contributed by atoms with E-state index in [0.717, 1.165) is 12.1 Å². The molecule has 0 aliphatic carbocycles. The number of anilines is 1. The number of ether oxygens (including phenoxy) is 3. The summed E-state index contributed by atoms with van der Waals surface area (Å²) in [4.78, 5) is 12.5. The Balaban J connectivity index is 1.84. The van der Waals surface area contributed by atoms with E-state index in [-0.39, 0.29) is 17.1 Å². The molecule has 1 amide bonds. The van der Waals surface area contributed by atoms with Gasteiger partial charge in [-0.15, -0.1) is 0 Å². The van der Waals surface area contributed by atoms with E-state index >= 15 is 0 Å². The zero-order valence-corrected chi connectivity index (χ0v) is 16.3. The molecule has 3 aromatic rings. The highest BCUT2D eigenvalue weighted by Crippen LogP contribution is 2.40. The molecule has 0 saturated carbocycles. The number of halogens is 3. The Labute approximate surface area is 170 Å². The minimum Gasteiger partial charge on any atom is -0.493 e. The van der Waals surface area contributed by atoms with Crippen LogP contribution in [0.25, 0.3) is 11.3 Å². The van der Waals surface area contributed by atoms with E-state index in [1.807, 2.05) is 0 Å². The SMILES string of the molecule is COc1cc(NC(=O)c2ccc(-c3cccc(C(F)(F)F)c3)o2)cc(OC)c1OC. The molecule has 0 bridgehead atoms. The average molecular weight is 421 g/mol. The predicted molar refractivity (Wildman–Crippen MR) is 103 cm³/mol. The molecule has 2 aromatic carbocycles. The van der Waals surface area contributed by atoms with Crippen LogP contribution in [0.1, 0.15) is 16.1 Å². The summed E-state index contributed by atoms with van der Waals surface area (Å²) in [5, 5.41) is 2.63. The van der Waals surface area contributed by atoms with Crippen LogP contribution in [0, 0.1) is 0 Å². The number of hydrogen-bond acceptors (Lipinski definition) is 5. The Kier molecular flexibility index (Phi) is 5.91. The van der Waals surface area contributed by atoms with Crippen molar-refractivity contribution in [3.05, 3.63) is 59.9 Å². The van der Waals surface area contributed by atoms with Crippen molar-refractivity contribution in [3.63, 3.8) is 0 Å². The van der Waals surface area contributed by atoms with E-state index in [0.29, 0.717) is 22.9 Å². The number of amides is 1. The molecule has 0 radical (unpaired) electrons. The monoisotopic (exact) mass is 421 g/mol. The lowest BCUT2D eigenvalue weighted by molar-refractivity contribution is -0.137. The van der Waals surface area contributed by atoms with Gasteiger partial charge in [0.2, 0.25) is 5.75 Å². The Bertz CT molecular complexity index is 1030.